The lowest BCUT2D eigenvalue weighted by Gasteiger charge is -2.45. The van der Waals surface area contributed by atoms with Crippen molar-refractivity contribution in [3.05, 3.63) is 144 Å². The van der Waals surface area contributed by atoms with Gasteiger partial charge in [-0.2, -0.15) is 0 Å². The number of nitrogens with zero attached hydrogens (tertiary/aromatic N) is 2. The van der Waals surface area contributed by atoms with Gasteiger partial charge in [-0.05, 0) is 137 Å². The number of fused-ring (bicyclic) bond motifs is 4. The third-order valence-corrected chi connectivity index (χ3v) is 18.5. The molecule has 12 heteroatoms. The molecule has 0 radical (unpaired) electrons. The van der Waals surface area contributed by atoms with Gasteiger partial charge in [-0.25, -0.2) is 0 Å². The van der Waals surface area contributed by atoms with Gasteiger partial charge in [0.1, 0.15) is 46.0 Å². The van der Waals surface area contributed by atoms with E-state index in [9.17, 15) is 0 Å². The van der Waals surface area contributed by atoms with Crippen molar-refractivity contribution in [2.24, 2.45) is 47.3 Å². The second kappa shape index (κ2) is 26.8. The average molecular weight is 1070 g/mol. The molecule has 78 heavy (non-hydrogen) atoms. The molecule has 0 bridgehead atoms. The number of nitrogens with one attached hydrogen (secondary N) is 2. The van der Waals surface area contributed by atoms with Crippen LogP contribution < -0.4 is 48.5 Å². The van der Waals surface area contributed by atoms with Crippen molar-refractivity contribution in [2.45, 2.75) is 102 Å². The van der Waals surface area contributed by atoms with E-state index in [0.717, 1.165) is 120 Å². The maximum absolute atomic E-state index is 5.49. The summed E-state index contributed by atoms with van der Waals surface area (Å²) in [7, 11) is 18.0. The standard InChI is InChI=1S/2C17H23NO2.2C16H21NO2/c2*1-18(16-9-12-5-4-6-15(12)16)11-13-7-8-14(19-2)10-17(13)20-3;2*1-18-13-7-6-12(16(9-13)19-2)10-17-15-8-11-4-3-5-14(11)15/h2*4-5,7-8,10,12,15-16H,6,9,11H2,1-3H3;2*3-4,6-7,9,11,14-15,17H,5,8,10H2,1-2H3/t2*12-,15-,16+;2*11-,14-,15+/m1010/s1. The molecule has 0 spiro atoms. The molecule has 4 fully saturated rings. The van der Waals surface area contributed by atoms with Gasteiger partial charge >= 0.3 is 0 Å². The highest BCUT2D eigenvalue weighted by molar-refractivity contribution is 5.43. The molecule has 8 aliphatic rings. The van der Waals surface area contributed by atoms with E-state index in [1.54, 1.807) is 56.9 Å². The van der Waals surface area contributed by atoms with Crippen LogP contribution in [-0.2, 0) is 26.2 Å². The van der Waals surface area contributed by atoms with Crippen LogP contribution in [0.15, 0.2) is 121 Å². The molecule has 0 aliphatic heterocycles. The second-order valence-corrected chi connectivity index (χ2v) is 22.6. The predicted octanol–water partition coefficient (Wildman–Crippen LogP) is 11.7. The topological polar surface area (TPSA) is 104 Å². The van der Waals surface area contributed by atoms with Crippen molar-refractivity contribution in [1.29, 1.82) is 0 Å². The quantitative estimate of drug-likeness (QED) is 0.0824. The molecule has 0 heterocycles. The van der Waals surface area contributed by atoms with Gasteiger partial charge in [0.2, 0.25) is 0 Å². The van der Waals surface area contributed by atoms with E-state index in [0.29, 0.717) is 24.2 Å². The number of methoxy groups -OCH3 is 8. The molecular formula is C66H88N4O8. The first kappa shape index (κ1) is 56.8. The minimum Gasteiger partial charge on any atom is -0.497 e. The summed E-state index contributed by atoms with van der Waals surface area (Å²) in [6, 6.07) is 26.9. The van der Waals surface area contributed by atoms with Gasteiger partial charge in [0.15, 0.2) is 0 Å². The van der Waals surface area contributed by atoms with E-state index in [1.807, 2.05) is 48.5 Å². The van der Waals surface area contributed by atoms with Crippen LogP contribution in [0.3, 0.4) is 0 Å². The van der Waals surface area contributed by atoms with Crippen LogP contribution in [0.25, 0.3) is 0 Å². The maximum atomic E-state index is 5.49. The van der Waals surface area contributed by atoms with Crippen LogP contribution in [0.4, 0.5) is 0 Å². The molecule has 12 nitrogen and oxygen atoms in total. The molecule has 4 aromatic carbocycles. The Bertz CT molecular complexity index is 2540. The second-order valence-electron chi connectivity index (χ2n) is 22.6. The average Bonchev–Trinajstić information content (AvgIpc) is 4.32. The van der Waals surface area contributed by atoms with E-state index >= 15 is 0 Å². The van der Waals surface area contributed by atoms with E-state index in [-0.39, 0.29) is 0 Å². The summed E-state index contributed by atoms with van der Waals surface area (Å²) < 4.78 is 42.8. The van der Waals surface area contributed by atoms with Gasteiger partial charge in [0.25, 0.3) is 0 Å². The Kier molecular flexibility index (Phi) is 19.5. The Balaban J connectivity index is 0.000000126. The molecule has 420 valence electrons. The summed E-state index contributed by atoms with van der Waals surface area (Å²) in [6.07, 6.45) is 29.0. The number of hydrogen-bond acceptors (Lipinski definition) is 12. The maximum Gasteiger partial charge on any atom is 0.127 e. The largest absolute Gasteiger partial charge is 0.497 e. The summed E-state index contributed by atoms with van der Waals surface area (Å²) in [6.45, 7) is 3.59. The molecule has 4 saturated carbocycles. The van der Waals surface area contributed by atoms with Crippen LogP contribution in [0.5, 0.6) is 46.0 Å². The highest BCUT2D eigenvalue weighted by Crippen LogP contribution is 2.48. The lowest BCUT2D eigenvalue weighted by atomic mass is 9.70. The van der Waals surface area contributed by atoms with Gasteiger partial charge in [-0.3, -0.25) is 9.80 Å². The molecule has 0 unspecified atom stereocenters. The van der Waals surface area contributed by atoms with Crippen molar-refractivity contribution < 1.29 is 37.9 Å². The van der Waals surface area contributed by atoms with E-state index < -0.39 is 0 Å². The minimum absolute atomic E-state index is 0.659. The van der Waals surface area contributed by atoms with Gasteiger partial charge in [-0.1, -0.05) is 72.9 Å². The summed E-state index contributed by atoms with van der Waals surface area (Å²) in [4.78, 5) is 4.94. The molecule has 12 rings (SSSR count). The van der Waals surface area contributed by atoms with Crippen molar-refractivity contribution in [1.82, 2.24) is 20.4 Å². The minimum atomic E-state index is 0.659. The first-order valence-corrected chi connectivity index (χ1v) is 28.5. The van der Waals surface area contributed by atoms with Crippen LogP contribution >= 0.6 is 0 Å². The zero-order valence-electron chi connectivity index (χ0n) is 48.1. The summed E-state index contributed by atoms with van der Waals surface area (Å²) >= 11 is 0. The lowest BCUT2D eigenvalue weighted by Crippen LogP contribution is -2.48. The van der Waals surface area contributed by atoms with Crippen LogP contribution in [-0.4, -0.2) is 105 Å². The summed E-state index contributed by atoms with van der Waals surface area (Å²) in [5, 5.41) is 7.32. The summed E-state index contributed by atoms with van der Waals surface area (Å²) in [5.41, 5.74) is 4.84. The van der Waals surface area contributed by atoms with Crippen molar-refractivity contribution >= 4 is 0 Å². The fourth-order valence-corrected chi connectivity index (χ4v) is 13.5. The Morgan fingerprint density at radius 1 is 0.372 bits per heavy atom. The molecule has 0 saturated heterocycles. The van der Waals surface area contributed by atoms with Gasteiger partial charge in [-0.15, -0.1) is 0 Å². The molecular weight excluding hydrogens is 977 g/mol. The molecule has 0 aromatic heterocycles. The Morgan fingerprint density at radius 2 is 0.667 bits per heavy atom. The van der Waals surface area contributed by atoms with E-state index in [4.69, 9.17) is 37.9 Å². The molecule has 12 atom stereocenters. The highest BCUT2D eigenvalue weighted by atomic mass is 16.5. The number of benzene rings is 4. The van der Waals surface area contributed by atoms with Crippen molar-refractivity contribution in [2.75, 3.05) is 71.0 Å². The van der Waals surface area contributed by atoms with Crippen LogP contribution in [0.1, 0.15) is 73.6 Å². The van der Waals surface area contributed by atoms with Crippen molar-refractivity contribution in [3.63, 3.8) is 0 Å². The Hall–Kier alpha value is -5.92. The number of rotatable bonds is 20. The Morgan fingerprint density at radius 3 is 0.962 bits per heavy atom. The molecule has 8 aliphatic carbocycles. The first-order chi connectivity index (χ1) is 38.1. The zero-order valence-corrected chi connectivity index (χ0v) is 48.1. The number of ether oxygens (including phenoxy) is 8. The number of allylic oxidation sites excluding steroid dienone is 8. The first-order valence-electron chi connectivity index (χ1n) is 28.5. The normalized spacial score (nSPS) is 27.5. The van der Waals surface area contributed by atoms with Crippen LogP contribution in [0.2, 0.25) is 0 Å². The molecule has 4 aromatic rings. The van der Waals surface area contributed by atoms with E-state index in [1.165, 1.54) is 73.6 Å². The fourth-order valence-electron chi connectivity index (χ4n) is 13.5. The third-order valence-electron chi connectivity index (χ3n) is 18.5. The Labute approximate surface area is 466 Å². The molecule has 0 amide bonds. The fraction of sp³-hybridized carbons (Fsp3) is 0.515. The third kappa shape index (κ3) is 13.1. The number of hydrogen-bond donors (Lipinski definition) is 2. The van der Waals surface area contributed by atoms with Gasteiger partial charge in [0, 0.05) is 96.9 Å². The predicted molar refractivity (Wildman–Crippen MR) is 311 cm³/mol. The summed E-state index contributed by atoms with van der Waals surface area (Å²) in [5.74, 6) is 13.6. The smallest absolute Gasteiger partial charge is 0.127 e. The molecule has 2 N–H and O–H groups in total. The van der Waals surface area contributed by atoms with Crippen LogP contribution in [0, 0.1) is 47.3 Å². The van der Waals surface area contributed by atoms with E-state index in [2.05, 4.69) is 107 Å². The SMILES string of the molecule is COc1ccc(CN(C)[C@@H]2C[C@@H]3C=CC[C@H]23)c(OC)c1.COc1ccc(CN(C)[C@H]2C[C@H]3C=CC[C@H]32)c(OC)c1.COc1ccc(CN[C@@H]2C[C@@H]3C=CC[C@@H]32)c(OC)c1.COc1ccc(CN[C@H]2C[C@H]3C=CC[C@H]32)c(OC)c1. The van der Waals surface area contributed by atoms with Gasteiger partial charge < -0.3 is 48.5 Å². The van der Waals surface area contributed by atoms with Gasteiger partial charge in [0.05, 0.1) is 56.9 Å². The highest BCUT2D eigenvalue weighted by Gasteiger charge is 2.45. The van der Waals surface area contributed by atoms with Crippen molar-refractivity contribution in [3.8, 4) is 46.0 Å². The zero-order chi connectivity index (χ0) is 54.7. The monoisotopic (exact) mass is 1060 g/mol. The lowest BCUT2D eigenvalue weighted by molar-refractivity contribution is 0.0478.